The van der Waals surface area contributed by atoms with Crippen LogP contribution >= 0.6 is 28.1 Å². The number of rotatable bonds is 5. The number of nitrogens with zero attached hydrogens (tertiary/aromatic N) is 1. The lowest BCUT2D eigenvalue weighted by Gasteiger charge is -2.05. The van der Waals surface area contributed by atoms with Crippen molar-refractivity contribution in [3.63, 3.8) is 0 Å². The van der Waals surface area contributed by atoms with E-state index in [1.165, 1.54) is 0 Å². The average Bonchev–Trinajstić information content (AvgIpc) is 2.32. The normalized spacial score (nSPS) is 10.5. The second-order valence-electron chi connectivity index (χ2n) is 3.14. The predicted molar refractivity (Wildman–Crippen MR) is 77.3 cm³/mol. The molecule has 0 amide bonds. The van der Waals surface area contributed by atoms with Gasteiger partial charge in [-0.05, 0) is 18.3 Å². The Morgan fingerprint density at radius 3 is 3.00 bits per heavy atom. The molecule has 0 aliphatic heterocycles. The highest BCUT2D eigenvalue weighted by atomic mass is 79.9. The van der Waals surface area contributed by atoms with Crippen LogP contribution in [-0.2, 0) is 4.74 Å². The summed E-state index contributed by atoms with van der Waals surface area (Å²) in [6.07, 6.45) is 1.70. The third-order valence-electron chi connectivity index (χ3n) is 1.87. The lowest BCUT2D eigenvalue weighted by Crippen LogP contribution is -2.34. The summed E-state index contributed by atoms with van der Waals surface area (Å²) in [7, 11) is 1.64. The average molecular weight is 316 g/mol. The number of benzene rings is 1. The van der Waals surface area contributed by atoms with E-state index < -0.39 is 0 Å². The predicted octanol–water partition coefficient (Wildman–Crippen LogP) is 1.89. The standard InChI is InChI=1S/C11H14BrN3OS/c1-16-7-6-13-11(17)15-14-8-9-4-2-3-5-10(9)12/h2-5,8H,6-7H2,1H3,(H2,13,15,17). The highest BCUT2D eigenvalue weighted by molar-refractivity contribution is 9.10. The minimum Gasteiger partial charge on any atom is -0.383 e. The maximum atomic E-state index is 5.01. The molecule has 0 saturated heterocycles. The van der Waals surface area contributed by atoms with Crippen LogP contribution in [-0.4, -0.2) is 31.6 Å². The summed E-state index contributed by atoms with van der Waals surface area (Å²) in [6.45, 7) is 1.27. The van der Waals surface area contributed by atoms with Crippen LogP contribution in [0.4, 0.5) is 0 Å². The van der Waals surface area contributed by atoms with Crippen molar-refractivity contribution in [2.75, 3.05) is 20.3 Å². The van der Waals surface area contributed by atoms with Gasteiger partial charge in [0.15, 0.2) is 5.11 Å². The summed E-state index contributed by atoms with van der Waals surface area (Å²) < 4.78 is 5.88. The first kappa shape index (κ1) is 14.1. The van der Waals surface area contributed by atoms with Crippen molar-refractivity contribution in [1.29, 1.82) is 0 Å². The number of hydrogen-bond donors (Lipinski definition) is 2. The molecule has 0 spiro atoms. The Bertz CT molecular complexity index is 398. The highest BCUT2D eigenvalue weighted by Gasteiger charge is 1.94. The van der Waals surface area contributed by atoms with E-state index in [0.29, 0.717) is 18.3 Å². The molecule has 1 rings (SSSR count). The minimum absolute atomic E-state index is 0.477. The van der Waals surface area contributed by atoms with Crippen LogP contribution in [0.2, 0.25) is 0 Å². The topological polar surface area (TPSA) is 45.6 Å². The van der Waals surface area contributed by atoms with Crippen molar-refractivity contribution in [3.05, 3.63) is 34.3 Å². The molecule has 0 atom stereocenters. The first-order chi connectivity index (χ1) is 8.24. The molecule has 1 aromatic carbocycles. The molecule has 17 heavy (non-hydrogen) atoms. The molecule has 0 unspecified atom stereocenters. The fourth-order valence-electron chi connectivity index (χ4n) is 1.05. The zero-order valence-electron chi connectivity index (χ0n) is 9.44. The molecular formula is C11H14BrN3OS. The van der Waals surface area contributed by atoms with Gasteiger partial charge in [0.05, 0.1) is 12.8 Å². The summed E-state index contributed by atoms with van der Waals surface area (Å²) in [5.74, 6) is 0. The molecule has 0 bridgehead atoms. The van der Waals surface area contributed by atoms with E-state index >= 15 is 0 Å². The van der Waals surface area contributed by atoms with E-state index in [-0.39, 0.29) is 0 Å². The molecule has 92 valence electrons. The van der Waals surface area contributed by atoms with Crippen LogP contribution in [0.1, 0.15) is 5.56 Å². The molecule has 0 fully saturated rings. The van der Waals surface area contributed by atoms with Crippen LogP contribution in [0.15, 0.2) is 33.8 Å². The quantitative estimate of drug-likeness (QED) is 0.377. The van der Waals surface area contributed by atoms with E-state index in [0.717, 1.165) is 10.0 Å². The fourth-order valence-corrected chi connectivity index (χ4v) is 1.59. The van der Waals surface area contributed by atoms with Crippen molar-refractivity contribution in [2.24, 2.45) is 5.10 Å². The molecule has 1 aromatic rings. The zero-order chi connectivity index (χ0) is 12.5. The van der Waals surface area contributed by atoms with Crippen molar-refractivity contribution >= 4 is 39.5 Å². The van der Waals surface area contributed by atoms with E-state index in [4.69, 9.17) is 17.0 Å². The Hall–Kier alpha value is -0.980. The molecule has 0 heterocycles. The molecular weight excluding hydrogens is 302 g/mol. The number of nitrogens with one attached hydrogen (secondary N) is 2. The van der Waals surface area contributed by atoms with E-state index in [2.05, 4.69) is 31.8 Å². The van der Waals surface area contributed by atoms with Gasteiger partial charge in [0.2, 0.25) is 0 Å². The number of hydrogen-bond acceptors (Lipinski definition) is 3. The lowest BCUT2D eigenvalue weighted by molar-refractivity contribution is 0.204. The van der Waals surface area contributed by atoms with E-state index in [9.17, 15) is 0 Å². The first-order valence-corrected chi connectivity index (χ1v) is 6.24. The van der Waals surface area contributed by atoms with Crippen molar-refractivity contribution in [3.8, 4) is 0 Å². The Morgan fingerprint density at radius 2 is 2.29 bits per heavy atom. The van der Waals surface area contributed by atoms with Crippen LogP contribution in [0, 0.1) is 0 Å². The summed E-state index contributed by atoms with van der Waals surface area (Å²) in [6, 6.07) is 7.81. The van der Waals surface area contributed by atoms with Gasteiger partial charge in [0, 0.05) is 23.7 Å². The van der Waals surface area contributed by atoms with E-state index in [1.807, 2.05) is 24.3 Å². The van der Waals surface area contributed by atoms with Crippen molar-refractivity contribution < 1.29 is 4.74 Å². The Labute approximate surface area is 115 Å². The molecule has 0 aromatic heterocycles. The van der Waals surface area contributed by atoms with Gasteiger partial charge in [-0.15, -0.1) is 0 Å². The van der Waals surface area contributed by atoms with Gasteiger partial charge in [0.25, 0.3) is 0 Å². The molecule has 2 N–H and O–H groups in total. The second kappa shape index (κ2) is 8.16. The summed E-state index contributed by atoms with van der Waals surface area (Å²) in [5, 5.41) is 7.46. The summed E-state index contributed by atoms with van der Waals surface area (Å²) in [5.41, 5.74) is 3.72. The number of methoxy groups -OCH3 is 1. The van der Waals surface area contributed by atoms with Crippen LogP contribution in [0.25, 0.3) is 0 Å². The third-order valence-corrected chi connectivity index (χ3v) is 2.82. The molecule has 0 saturated carbocycles. The van der Waals surface area contributed by atoms with Crippen molar-refractivity contribution in [2.45, 2.75) is 0 Å². The SMILES string of the molecule is COCCNC(=S)NN=Cc1ccccc1Br. The monoisotopic (exact) mass is 315 g/mol. The first-order valence-electron chi connectivity index (χ1n) is 5.04. The zero-order valence-corrected chi connectivity index (χ0v) is 11.8. The molecule has 0 aliphatic carbocycles. The maximum Gasteiger partial charge on any atom is 0.187 e. The number of ether oxygens (including phenoxy) is 1. The van der Waals surface area contributed by atoms with Gasteiger partial charge in [-0.1, -0.05) is 34.1 Å². The Balaban J connectivity index is 2.35. The number of thiocarbonyl (C=S) groups is 1. The highest BCUT2D eigenvalue weighted by Crippen LogP contribution is 2.13. The lowest BCUT2D eigenvalue weighted by atomic mass is 10.2. The van der Waals surface area contributed by atoms with Crippen LogP contribution in [0.3, 0.4) is 0 Å². The van der Waals surface area contributed by atoms with Gasteiger partial charge < -0.3 is 10.1 Å². The summed E-state index contributed by atoms with van der Waals surface area (Å²) in [4.78, 5) is 0. The van der Waals surface area contributed by atoms with Gasteiger partial charge >= 0.3 is 0 Å². The smallest absolute Gasteiger partial charge is 0.187 e. The van der Waals surface area contributed by atoms with Gasteiger partial charge in [0.1, 0.15) is 0 Å². The van der Waals surface area contributed by atoms with Gasteiger partial charge in [-0.3, -0.25) is 5.43 Å². The van der Waals surface area contributed by atoms with Crippen molar-refractivity contribution in [1.82, 2.24) is 10.7 Å². The van der Waals surface area contributed by atoms with Crippen LogP contribution in [0.5, 0.6) is 0 Å². The molecule has 0 aliphatic rings. The van der Waals surface area contributed by atoms with Gasteiger partial charge in [-0.2, -0.15) is 5.10 Å². The molecule has 4 nitrogen and oxygen atoms in total. The Kier molecular flexibility index (Phi) is 6.76. The minimum atomic E-state index is 0.477. The maximum absolute atomic E-state index is 5.01. The molecule has 0 radical (unpaired) electrons. The summed E-state index contributed by atoms with van der Waals surface area (Å²) >= 11 is 8.44. The largest absolute Gasteiger partial charge is 0.383 e. The van der Waals surface area contributed by atoms with E-state index in [1.54, 1.807) is 13.3 Å². The second-order valence-corrected chi connectivity index (χ2v) is 4.40. The van der Waals surface area contributed by atoms with Gasteiger partial charge in [-0.25, -0.2) is 0 Å². The van der Waals surface area contributed by atoms with Crippen LogP contribution < -0.4 is 10.7 Å². The fraction of sp³-hybridized carbons (Fsp3) is 0.273. The Morgan fingerprint density at radius 1 is 1.53 bits per heavy atom. The molecule has 6 heteroatoms. The number of halogens is 1. The number of hydrazone groups is 1. The third kappa shape index (κ3) is 5.76.